The summed E-state index contributed by atoms with van der Waals surface area (Å²) in [7, 11) is 1.63. The lowest BCUT2D eigenvalue weighted by Crippen LogP contribution is -2.37. The third kappa shape index (κ3) is 3.10. The maximum Gasteiger partial charge on any atom is 0.159 e. The zero-order chi connectivity index (χ0) is 17.2. The van der Waals surface area contributed by atoms with Gasteiger partial charge in [0.25, 0.3) is 0 Å². The van der Waals surface area contributed by atoms with E-state index in [9.17, 15) is 0 Å². The molecule has 7 nitrogen and oxygen atoms in total. The number of hydrogen-bond acceptors (Lipinski definition) is 7. The smallest absolute Gasteiger partial charge is 0.159 e. The summed E-state index contributed by atoms with van der Waals surface area (Å²) < 4.78 is 10.7. The quantitative estimate of drug-likeness (QED) is 0.725. The molecule has 0 saturated carbocycles. The summed E-state index contributed by atoms with van der Waals surface area (Å²) in [5, 5.41) is 0. The maximum absolute atomic E-state index is 5.44. The van der Waals surface area contributed by atoms with Crippen LogP contribution in [0.15, 0.2) is 30.7 Å². The van der Waals surface area contributed by atoms with Gasteiger partial charge in [-0.3, -0.25) is 9.97 Å². The zero-order valence-corrected chi connectivity index (χ0v) is 14.3. The van der Waals surface area contributed by atoms with Crippen molar-refractivity contribution >= 4 is 16.9 Å². The van der Waals surface area contributed by atoms with Crippen molar-refractivity contribution in [2.75, 3.05) is 38.3 Å². The Kier molecular flexibility index (Phi) is 4.15. The van der Waals surface area contributed by atoms with Gasteiger partial charge in [-0.1, -0.05) is 0 Å². The predicted octanol–water partition coefficient (Wildman–Crippen LogP) is 2.24. The second-order valence-electron chi connectivity index (χ2n) is 5.90. The molecule has 3 aromatic rings. The van der Waals surface area contributed by atoms with Gasteiger partial charge >= 0.3 is 0 Å². The number of methoxy groups -OCH3 is 1. The lowest BCUT2D eigenvalue weighted by atomic mass is 10.1. The minimum Gasteiger partial charge on any atom is -0.495 e. The molecule has 0 unspecified atom stereocenters. The number of pyridine rings is 2. The van der Waals surface area contributed by atoms with Crippen LogP contribution in [0.25, 0.3) is 22.2 Å². The van der Waals surface area contributed by atoms with E-state index >= 15 is 0 Å². The first kappa shape index (κ1) is 15.7. The van der Waals surface area contributed by atoms with Crippen molar-refractivity contribution in [2.45, 2.75) is 6.92 Å². The molecule has 0 atom stereocenters. The summed E-state index contributed by atoms with van der Waals surface area (Å²) in [5.41, 5.74) is 3.53. The summed E-state index contributed by atoms with van der Waals surface area (Å²) >= 11 is 0. The Morgan fingerprint density at radius 1 is 1.04 bits per heavy atom. The molecule has 0 aromatic carbocycles. The molecule has 0 aliphatic carbocycles. The number of morpholine rings is 1. The van der Waals surface area contributed by atoms with Crippen LogP contribution in [-0.2, 0) is 4.74 Å². The molecule has 0 bridgehead atoms. The number of ether oxygens (including phenoxy) is 2. The molecule has 0 N–H and O–H groups in total. The topological polar surface area (TPSA) is 73.3 Å². The molecule has 0 spiro atoms. The van der Waals surface area contributed by atoms with Crippen LogP contribution in [-0.4, -0.2) is 53.3 Å². The van der Waals surface area contributed by atoms with Gasteiger partial charge in [0.1, 0.15) is 17.1 Å². The summed E-state index contributed by atoms with van der Waals surface area (Å²) in [4.78, 5) is 20.3. The van der Waals surface area contributed by atoms with Crippen LogP contribution < -0.4 is 9.64 Å². The summed E-state index contributed by atoms with van der Waals surface area (Å²) in [5.74, 6) is 2.32. The van der Waals surface area contributed by atoms with Crippen molar-refractivity contribution in [3.05, 3.63) is 36.5 Å². The predicted molar refractivity (Wildman–Crippen MR) is 94.9 cm³/mol. The fraction of sp³-hybridized carbons (Fsp3) is 0.333. The van der Waals surface area contributed by atoms with Gasteiger partial charge in [0.05, 0.1) is 32.0 Å². The monoisotopic (exact) mass is 337 g/mol. The number of nitrogens with zero attached hydrogens (tertiary/aromatic N) is 5. The van der Waals surface area contributed by atoms with Gasteiger partial charge in [-0.2, -0.15) is 0 Å². The average Bonchev–Trinajstić information content (AvgIpc) is 2.67. The second kappa shape index (κ2) is 6.60. The molecule has 0 radical (unpaired) electrons. The maximum atomic E-state index is 5.44. The van der Waals surface area contributed by atoms with Gasteiger partial charge in [-0.25, -0.2) is 9.97 Å². The summed E-state index contributed by atoms with van der Waals surface area (Å²) in [6.45, 7) is 4.95. The van der Waals surface area contributed by atoms with Gasteiger partial charge in [0, 0.05) is 36.6 Å². The molecule has 25 heavy (non-hydrogen) atoms. The first-order chi connectivity index (χ1) is 12.2. The lowest BCUT2D eigenvalue weighted by Gasteiger charge is -2.28. The Bertz CT molecular complexity index is 909. The van der Waals surface area contributed by atoms with E-state index in [0.717, 1.165) is 46.9 Å². The summed E-state index contributed by atoms with van der Waals surface area (Å²) in [6.07, 6.45) is 5.31. The molecule has 0 amide bonds. The van der Waals surface area contributed by atoms with E-state index in [2.05, 4.69) is 24.8 Å². The standard InChI is InChI=1S/C18H19N5O2/c1-12-21-16-8-14(13-7-15(24-2)11-19-9-13)10-20-17(16)18(22-12)23-3-5-25-6-4-23/h7-11H,3-6H2,1-2H3. The van der Waals surface area contributed by atoms with Crippen LogP contribution in [0, 0.1) is 6.92 Å². The van der Waals surface area contributed by atoms with Gasteiger partial charge in [0.15, 0.2) is 5.82 Å². The van der Waals surface area contributed by atoms with Crippen LogP contribution in [0.5, 0.6) is 5.75 Å². The molecular weight excluding hydrogens is 318 g/mol. The normalized spacial score (nSPS) is 14.7. The van der Waals surface area contributed by atoms with E-state index < -0.39 is 0 Å². The lowest BCUT2D eigenvalue weighted by molar-refractivity contribution is 0.122. The zero-order valence-electron chi connectivity index (χ0n) is 14.3. The van der Waals surface area contributed by atoms with Crippen LogP contribution >= 0.6 is 0 Å². The van der Waals surface area contributed by atoms with E-state index in [-0.39, 0.29) is 0 Å². The Balaban J connectivity index is 1.80. The van der Waals surface area contributed by atoms with Crippen LogP contribution in [0.2, 0.25) is 0 Å². The number of rotatable bonds is 3. The van der Waals surface area contributed by atoms with Gasteiger partial charge in [0.2, 0.25) is 0 Å². The number of fused-ring (bicyclic) bond motifs is 1. The molecular formula is C18H19N5O2. The molecule has 3 aromatic heterocycles. The van der Waals surface area contributed by atoms with Gasteiger partial charge in [-0.15, -0.1) is 0 Å². The second-order valence-corrected chi connectivity index (χ2v) is 5.90. The van der Waals surface area contributed by atoms with Crippen molar-refractivity contribution in [1.29, 1.82) is 0 Å². The molecule has 7 heteroatoms. The molecule has 128 valence electrons. The van der Waals surface area contributed by atoms with E-state index in [1.807, 2.05) is 25.3 Å². The van der Waals surface area contributed by atoms with E-state index in [1.54, 1.807) is 19.5 Å². The van der Waals surface area contributed by atoms with Crippen LogP contribution in [0.4, 0.5) is 5.82 Å². The number of anilines is 1. The van der Waals surface area contributed by atoms with Crippen LogP contribution in [0.1, 0.15) is 5.82 Å². The molecule has 4 heterocycles. The number of hydrogen-bond donors (Lipinski definition) is 0. The Morgan fingerprint density at radius 2 is 1.84 bits per heavy atom. The fourth-order valence-electron chi connectivity index (χ4n) is 2.96. The van der Waals surface area contributed by atoms with Crippen molar-refractivity contribution in [3.8, 4) is 16.9 Å². The largest absolute Gasteiger partial charge is 0.495 e. The fourth-order valence-corrected chi connectivity index (χ4v) is 2.96. The molecule has 1 saturated heterocycles. The first-order valence-corrected chi connectivity index (χ1v) is 8.21. The SMILES string of the molecule is COc1cncc(-c2cnc3c(N4CCOCC4)nc(C)nc3c2)c1. The Labute approximate surface area is 145 Å². The molecule has 1 aliphatic heterocycles. The van der Waals surface area contributed by atoms with E-state index in [1.165, 1.54) is 0 Å². The third-order valence-electron chi connectivity index (χ3n) is 4.22. The highest BCUT2D eigenvalue weighted by molar-refractivity contribution is 5.88. The number of aryl methyl sites for hydroxylation is 1. The average molecular weight is 337 g/mol. The molecule has 4 rings (SSSR count). The first-order valence-electron chi connectivity index (χ1n) is 8.21. The van der Waals surface area contributed by atoms with Crippen molar-refractivity contribution < 1.29 is 9.47 Å². The van der Waals surface area contributed by atoms with E-state index in [4.69, 9.17) is 9.47 Å². The molecule has 1 fully saturated rings. The number of aromatic nitrogens is 4. The highest BCUT2D eigenvalue weighted by Gasteiger charge is 2.18. The Hall–Kier alpha value is -2.80. The molecule has 1 aliphatic rings. The highest BCUT2D eigenvalue weighted by Crippen LogP contribution is 2.28. The van der Waals surface area contributed by atoms with Crippen molar-refractivity contribution in [1.82, 2.24) is 19.9 Å². The minimum absolute atomic E-state index is 0.706. The minimum atomic E-state index is 0.706. The van der Waals surface area contributed by atoms with Crippen LogP contribution in [0.3, 0.4) is 0 Å². The van der Waals surface area contributed by atoms with E-state index in [0.29, 0.717) is 19.0 Å². The van der Waals surface area contributed by atoms with Gasteiger partial charge < -0.3 is 14.4 Å². The summed E-state index contributed by atoms with van der Waals surface area (Å²) in [6, 6.07) is 3.96. The van der Waals surface area contributed by atoms with Crippen molar-refractivity contribution in [2.24, 2.45) is 0 Å². The highest BCUT2D eigenvalue weighted by atomic mass is 16.5. The van der Waals surface area contributed by atoms with Crippen molar-refractivity contribution in [3.63, 3.8) is 0 Å². The van der Waals surface area contributed by atoms with Gasteiger partial charge in [-0.05, 0) is 19.1 Å². The third-order valence-corrected chi connectivity index (χ3v) is 4.22. The Morgan fingerprint density at radius 3 is 2.64 bits per heavy atom.